The zero-order valence-electron chi connectivity index (χ0n) is 13.1. The van der Waals surface area contributed by atoms with Gasteiger partial charge in [0, 0.05) is 18.5 Å². The first kappa shape index (κ1) is 14.5. The van der Waals surface area contributed by atoms with Crippen LogP contribution in [0.25, 0.3) is 22.0 Å². The number of anilines is 1. The van der Waals surface area contributed by atoms with Gasteiger partial charge in [0.1, 0.15) is 5.82 Å². The van der Waals surface area contributed by atoms with Crippen LogP contribution in [0.2, 0.25) is 0 Å². The Labute approximate surface area is 131 Å². The van der Waals surface area contributed by atoms with Crippen molar-refractivity contribution in [1.82, 2.24) is 9.88 Å². The number of hydrogen-bond donors (Lipinski definition) is 1. The summed E-state index contributed by atoms with van der Waals surface area (Å²) in [5.74, 6) is 0.930. The number of benzene rings is 2. The fourth-order valence-corrected chi connectivity index (χ4v) is 2.53. The predicted molar refractivity (Wildman–Crippen MR) is 94.2 cm³/mol. The molecule has 0 aliphatic rings. The van der Waals surface area contributed by atoms with Crippen molar-refractivity contribution in [2.24, 2.45) is 0 Å². The lowest BCUT2D eigenvalue weighted by Gasteiger charge is -2.13. The van der Waals surface area contributed by atoms with Gasteiger partial charge in [-0.15, -0.1) is 0 Å². The fourth-order valence-electron chi connectivity index (χ4n) is 2.53. The average Bonchev–Trinajstić information content (AvgIpc) is 2.54. The zero-order valence-corrected chi connectivity index (χ0v) is 13.1. The molecule has 0 fully saturated rings. The number of pyridine rings is 1. The van der Waals surface area contributed by atoms with Crippen molar-refractivity contribution in [3.63, 3.8) is 0 Å². The minimum Gasteiger partial charge on any atom is -0.369 e. The van der Waals surface area contributed by atoms with E-state index in [1.807, 2.05) is 12.1 Å². The lowest BCUT2D eigenvalue weighted by Crippen LogP contribution is -2.21. The summed E-state index contributed by atoms with van der Waals surface area (Å²) in [6.45, 7) is 1.86. The molecule has 0 spiro atoms. The molecule has 1 heterocycles. The molecular weight excluding hydrogens is 270 g/mol. The lowest BCUT2D eigenvalue weighted by atomic mass is 10.0. The number of hydrogen-bond acceptors (Lipinski definition) is 3. The molecule has 0 aliphatic heterocycles. The van der Waals surface area contributed by atoms with Crippen molar-refractivity contribution >= 4 is 16.7 Å². The van der Waals surface area contributed by atoms with Crippen molar-refractivity contribution in [2.75, 3.05) is 32.5 Å². The molecule has 0 amide bonds. The smallest absolute Gasteiger partial charge is 0.127 e. The third-order valence-electron chi connectivity index (χ3n) is 3.67. The van der Waals surface area contributed by atoms with E-state index in [2.05, 4.69) is 72.8 Å². The molecule has 1 N–H and O–H groups in total. The van der Waals surface area contributed by atoms with Crippen LogP contribution in [0.4, 0.5) is 5.82 Å². The van der Waals surface area contributed by atoms with E-state index in [0.29, 0.717) is 0 Å². The second kappa shape index (κ2) is 6.58. The maximum atomic E-state index is 4.73. The lowest BCUT2D eigenvalue weighted by molar-refractivity contribution is 0.425. The standard InChI is InChI=1S/C19H21N3/c1-22(2)13-12-20-19-14-17(15-8-4-3-5-9-15)16-10-6-7-11-18(16)21-19/h3-11,14H,12-13H2,1-2H3,(H,20,21). The maximum Gasteiger partial charge on any atom is 0.127 e. The van der Waals surface area contributed by atoms with E-state index in [1.54, 1.807) is 0 Å². The van der Waals surface area contributed by atoms with Crippen molar-refractivity contribution in [1.29, 1.82) is 0 Å². The van der Waals surface area contributed by atoms with E-state index >= 15 is 0 Å². The highest BCUT2D eigenvalue weighted by Crippen LogP contribution is 2.29. The third kappa shape index (κ3) is 3.26. The summed E-state index contributed by atoms with van der Waals surface area (Å²) in [5.41, 5.74) is 3.46. The molecule has 0 saturated heterocycles. The summed E-state index contributed by atoms with van der Waals surface area (Å²) in [7, 11) is 4.15. The summed E-state index contributed by atoms with van der Waals surface area (Å²) >= 11 is 0. The molecular formula is C19H21N3. The minimum absolute atomic E-state index is 0.882. The molecule has 0 unspecified atom stereocenters. The highest BCUT2D eigenvalue weighted by atomic mass is 15.1. The Morgan fingerprint density at radius 2 is 1.68 bits per heavy atom. The molecule has 3 rings (SSSR count). The summed E-state index contributed by atoms with van der Waals surface area (Å²) in [4.78, 5) is 6.89. The summed E-state index contributed by atoms with van der Waals surface area (Å²) in [6, 6.07) is 20.9. The first-order chi connectivity index (χ1) is 10.7. The molecule has 3 aromatic rings. The van der Waals surface area contributed by atoms with Gasteiger partial charge in [-0.3, -0.25) is 0 Å². The molecule has 22 heavy (non-hydrogen) atoms. The Bertz CT molecular complexity index is 751. The van der Waals surface area contributed by atoms with Crippen LogP contribution < -0.4 is 5.32 Å². The average molecular weight is 291 g/mol. The number of rotatable bonds is 5. The number of nitrogens with one attached hydrogen (secondary N) is 1. The second-order valence-corrected chi connectivity index (χ2v) is 5.67. The van der Waals surface area contributed by atoms with Gasteiger partial charge in [-0.1, -0.05) is 48.5 Å². The quantitative estimate of drug-likeness (QED) is 0.773. The Morgan fingerprint density at radius 3 is 2.45 bits per heavy atom. The molecule has 0 bridgehead atoms. The van der Waals surface area contributed by atoms with E-state index < -0.39 is 0 Å². The van der Waals surface area contributed by atoms with E-state index in [4.69, 9.17) is 4.98 Å². The number of nitrogens with zero attached hydrogens (tertiary/aromatic N) is 2. The van der Waals surface area contributed by atoms with Crippen molar-refractivity contribution < 1.29 is 0 Å². The highest BCUT2D eigenvalue weighted by Gasteiger charge is 2.07. The summed E-state index contributed by atoms with van der Waals surface area (Å²) in [6.07, 6.45) is 0. The first-order valence-electron chi connectivity index (χ1n) is 7.58. The summed E-state index contributed by atoms with van der Waals surface area (Å²) in [5, 5.41) is 4.61. The van der Waals surface area contributed by atoms with Crippen LogP contribution in [-0.2, 0) is 0 Å². The largest absolute Gasteiger partial charge is 0.369 e. The second-order valence-electron chi connectivity index (χ2n) is 5.67. The minimum atomic E-state index is 0.882. The van der Waals surface area contributed by atoms with Gasteiger partial charge in [0.15, 0.2) is 0 Å². The van der Waals surface area contributed by atoms with Crippen LogP contribution in [0, 0.1) is 0 Å². The highest BCUT2D eigenvalue weighted by molar-refractivity contribution is 5.96. The normalized spacial score (nSPS) is 11.0. The molecule has 0 radical (unpaired) electrons. The van der Waals surface area contributed by atoms with Crippen LogP contribution in [0.1, 0.15) is 0 Å². The Morgan fingerprint density at radius 1 is 0.955 bits per heavy atom. The Balaban J connectivity index is 2.01. The van der Waals surface area contributed by atoms with Gasteiger partial charge < -0.3 is 10.2 Å². The number of likely N-dealkylation sites (N-methyl/N-ethyl adjacent to an activating group) is 1. The zero-order chi connectivity index (χ0) is 15.4. The Hall–Kier alpha value is -2.39. The Kier molecular flexibility index (Phi) is 4.35. The van der Waals surface area contributed by atoms with Gasteiger partial charge in [0.05, 0.1) is 5.52 Å². The fraction of sp³-hybridized carbons (Fsp3) is 0.211. The van der Waals surface area contributed by atoms with Gasteiger partial charge in [-0.25, -0.2) is 4.98 Å². The van der Waals surface area contributed by atoms with Crippen LogP contribution in [0.3, 0.4) is 0 Å². The van der Waals surface area contributed by atoms with Crippen molar-refractivity contribution in [2.45, 2.75) is 0 Å². The molecule has 0 atom stereocenters. The van der Waals surface area contributed by atoms with E-state index in [0.717, 1.165) is 24.4 Å². The van der Waals surface area contributed by atoms with Gasteiger partial charge in [-0.05, 0) is 37.4 Å². The molecule has 3 nitrogen and oxygen atoms in total. The molecule has 0 aliphatic carbocycles. The van der Waals surface area contributed by atoms with Crippen molar-refractivity contribution in [3.05, 3.63) is 60.7 Å². The topological polar surface area (TPSA) is 28.2 Å². The summed E-state index contributed by atoms with van der Waals surface area (Å²) < 4.78 is 0. The van der Waals surface area contributed by atoms with Gasteiger partial charge in [0.2, 0.25) is 0 Å². The molecule has 2 aromatic carbocycles. The molecule has 1 aromatic heterocycles. The number of aromatic nitrogens is 1. The van der Waals surface area contributed by atoms with E-state index in [-0.39, 0.29) is 0 Å². The number of fused-ring (bicyclic) bond motifs is 1. The third-order valence-corrected chi connectivity index (χ3v) is 3.67. The van der Waals surface area contributed by atoms with Gasteiger partial charge in [0.25, 0.3) is 0 Å². The predicted octanol–water partition coefficient (Wildman–Crippen LogP) is 3.88. The monoisotopic (exact) mass is 291 g/mol. The molecule has 112 valence electrons. The van der Waals surface area contributed by atoms with E-state index in [9.17, 15) is 0 Å². The maximum absolute atomic E-state index is 4.73. The number of para-hydroxylation sites is 1. The van der Waals surface area contributed by atoms with Gasteiger partial charge >= 0.3 is 0 Å². The first-order valence-corrected chi connectivity index (χ1v) is 7.58. The molecule has 0 saturated carbocycles. The van der Waals surface area contributed by atoms with Gasteiger partial charge in [-0.2, -0.15) is 0 Å². The van der Waals surface area contributed by atoms with E-state index in [1.165, 1.54) is 16.5 Å². The van der Waals surface area contributed by atoms with Crippen LogP contribution >= 0.6 is 0 Å². The van der Waals surface area contributed by atoms with Crippen LogP contribution in [-0.4, -0.2) is 37.1 Å². The SMILES string of the molecule is CN(C)CCNc1cc(-c2ccccc2)c2ccccc2n1. The van der Waals surface area contributed by atoms with Crippen molar-refractivity contribution in [3.8, 4) is 11.1 Å². The molecule has 3 heteroatoms. The van der Waals surface area contributed by atoms with Crippen LogP contribution in [0.5, 0.6) is 0 Å². The van der Waals surface area contributed by atoms with Crippen LogP contribution in [0.15, 0.2) is 60.7 Å².